The molecule has 1 aliphatic rings. The van der Waals surface area contributed by atoms with Gasteiger partial charge in [0.2, 0.25) is 5.91 Å². The van der Waals surface area contributed by atoms with Gasteiger partial charge in [0.1, 0.15) is 0 Å². The second kappa shape index (κ2) is 13.9. The molecule has 35 heavy (non-hydrogen) atoms. The summed E-state index contributed by atoms with van der Waals surface area (Å²) in [5.41, 5.74) is 3.63. The largest absolute Gasteiger partial charge is 0.493 e. The summed E-state index contributed by atoms with van der Waals surface area (Å²) in [6.45, 7) is 4.86. The van der Waals surface area contributed by atoms with E-state index in [1.54, 1.807) is 14.2 Å². The topological polar surface area (TPSA) is 42.0 Å². The van der Waals surface area contributed by atoms with Crippen LogP contribution in [0.5, 0.6) is 11.5 Å². The van der Waals surface area contributed by atoms with E-state index in [9.17, 15) is 4.79 Å². The zero-order valence-corrected chi connectivity index (χ0v) is 22.0. The Morgan fingerprint density at radius 1 is 0.971 bits per heavy atom. The molecule has 0 atom stereocenters. The maximum absolute atomic E-state index is 13.1. The molecule has 2 aromatic rings. The summed E-state index contributed by atoms with van der Waals surface area (Å²) in [4.78, 5) is 17.6. The van der Waals surface area contributed by atoms with Crippen LogP contribution < -0.4 is 9.47 Å². The molecule has 2 aromatic carbocycles. The Kier molecular flexibility index (Phi) is 10.7. The third kappa shape index (κ3) is 8.43. The third-order valence-corrected chi connectivity index (χ3v) is 6.93. The number of hydrogen-bond donors (Lipinski definition) is 0. The first-order valence-electron chi connectivity index (χ1n) is 12.9. The summed E-state index contributed by atoms with van der Waals surface area (Å²) in [5.74, 6) is 1.79. The van der Waals surface area contributed by atoms with Gasteiger partial charge in [0.05, 0.1) is 14.2 Å². The normalized spacial score (nSPS) is 14.1. The van der Waals surface area contributed by atoms with Gasteiger partial charge in [-0.3, -0.25) is 4.79 Å². The van der Waals surface area contributed by atoms with Crippen molar-refractivity contribution in [1.82, 2.24) is 9.80 Å². The minimum absolute atomic E-state index is 0.258. The number of methoxy groups -OCH3 is 2. The lowest BCUT2D eigenvalue weighted by atomic mass is 10.1. The van der Waals surface area contributed by atoms with E-state index in [2.05, 4.69) is 66.2 Å². The van der Waals surface area contributed by atoms with Crippen LogP contribution in [0.15, 0.2) is 48.5 Å². The average Bonchev–Trinajstić information content (AvgIpc) is 3.40. The minimum atomic E-state index is 0.258. The molecule has 3 rings (SSSR count). The molecule has 1 aliphatic carbocycles. The Morgan fingerprint density at radius 2 is 1.69 bits per heavy atom. The number of nitrogens with zero attached hydrogens (tertiary/aromatic N) is 2. The van der Waals surface area contributed by atoms with Crippen LogP contribution in [0.1, 0.15) is 55.2 Å². The fourth-order valence-electron chi connectivity index (χ4n) is 4.80. The fourth-order valence-corrected chi connectivity index (χ4v) is 4.80. The number of amides is 1. The predicted octanol–water partition coefficient (Wildman–Crippen LogP) is 5.75. The monoisotopic (exact) mass is 478 g/mol. The summed E-state index contributed by atoms with van der Waals surface area (Å²) < 4.78 is 10.8. The highest BCUT2D eigenvalue weighted by molar-refractivity contribution is 5.79. The van der Waals surface area contributed by atoms with Gasteiger partial charge in [-0.05, 0) is 69.5 Å². The van der Waals surface area contributed by atoms with Crippen LogP contribution in [-0.2, 0) is 11.2 Å². The summed E-state index contributed by atoms with van der Waals surface area (Å²) in [7, 11) is 5.49. The Labute approximate surface area is 211 Å². The van der Waals surface area contributed by atoms with Crippen molar-refractivity contribution in [2.75, 3.05) is 40.9 Å². The molecular weight excluding hydrogens is 436 g/mol. The van der Waals surface area contributed by atoms with E-state index in [4.69, 9.17) is 9.47 Å². The Bertz CT molecular complexity index is 949. The summed E-state index contributed by atoms with van der Waals surface area (Å²) in [6, 6.07) is 14.9. The molecule has 0 bridgehead atoms. The lowest BCUT2D eigenvalue weighted by molar-refractivity contribution is -0.132. The number of aryl methyl sites for hydroxylation is 1. The van der Waals surface area contributed by atoms with Crippen molar-refractivity contribution in [2.24, 2.45) is 0 Å². The van der Waals surface area contributed by atoms with Gasteiger partial charge in [0, 0.05) is 25.6 Å². The predicted molar refractivity (Wildman–Crippen MR) is 144 cm³/mol. The van der Waals surface area contributed by atoms with Crippen molar-refractivity contribution in [3.8, 4) is 11.5 Å². The summed E-state index contributed by atoms with van der Waals surface area (Å²) in [6.07, 6.45) is 11.2. The van der Waals surface area contributed by atoms with Crippen LogP contribution in [0.4, 0.5) is 0 Å². The number of hydrogen-bond acceptors (Lipinski definition) is 4. The van der Waals surface area contributed by atoms with Crippen LogP contribution in [-0.4, -0.2) is 62.7 Å². The van der Waals surface area contributed by atoms with Gasteiger partial charge in [0.25, 0.3) is 0 Å². The molecule has 1 saturated carbocycles. The van der Waals surface area contributed by atoms with E-state index in [-0.39, 0.29) is 5.91 Å². The van der Waals surface area contributed by atoms with E-state index in [1.807, 2.05) is 12.1 Å². The van der Waals surface area contributed by atoms with Gasteiger partial charge in [-0.2, -0.15) is 0 Å². The molecule has 5 nitrogen and oxygen atoms in total. The van der Waals surface area contributed by atoms with Gasteiger partial charge in [0.15, 0.2) is 11.5 Å². The van der Waals surface area contributed by atoms with Crippen LogP contribution in [0.3, 0.4) is 0 Å². The number of carbonyl (C=O) groups is 1. The lowest BCUT2D eigenvalue weighted by Gasteiger charge is -2.29. The molecular formula is C30H42N2O3. The molecule has 1 fully saturated rings. The Morgan fingerprint density at radius 3 is 2.37 bits per heavy atom. The highest BCUT2D eigenvalue weighted by Gasteiger charge is 2.25. The molecule has 0 N–H and O–H groups in total. The smallest absolute Gasteiger partial charge is 0.226 e. The second-order valence-corrected chi connectivity index (χ2v) is 9.64. The van der Waals surface area contributed by atoms with Crippen molar-refractivity contribution in [3.05, 3.63) is 65.2 Å². The molecule has 0 heterocycles. The van der Waals surface area contributed by atoms with Crippen molar-refractivity contribution >= 4 is 12.0 Å². The maximum Gasteiger partial charge on any atom is 0.226 e. The number of carbonyl (C=O) groups excluding carboxylic acids is 1. The van der Waals surface area contributed by atoms with E-state index in [0.29, 0.717) is 12.5 Å². The van der Waals surface area contributed by atoms with Gasteiger partial charge < -0.3 is 19.3 Å². The Hall–Kier alpha value is -2.79. The van der Waals surface area contributed by atoms with E-state index in [1.165, 1.54) is 24.0 Å². The van der Waals surface area contributed by atoms with Crippen LogP contribution in [0.25, 0.3) is 6.08 Å². The standard InChI is InChI=1S/C30H42N2O3/c1-24-13-15-25(16-14-24)9-7-12-30(33)32(27-10-5-6-11-27)21-8-20-31(2)22-19-26-17-18-28(34-3)29(23-26)35-4/h7,9,13-18,23,27H,5-6,8,10-12,19-22H2,1-4H3/b9-7+. The minimum Gasteiger partial charge on any atom is -0.493 e. The van der Waals surface area contributed by atoms with Gasteiger partial charge in [-0.15, -0.1) is 0 Å². The first-order valence-corrected chi connectivity index (χ1v) is 12.9. The first kappa shape index (κ1) is 26.8. The zero-order chi connectivity index (χ0) is 25.0. The van der Waals surface area contributed by atoms with Gasteiger partial charge in [-0.1, -0.05) is 60.9 Å². The molecule has 0 spiro atoms. The van der Waals surface area contributed by atoms with Crippen molar-refractivity contribution in [2.45, 2.75) is 57.9 Å². The molecule has 0 saturated heterocycles. The molecule has 0 unspecified atom stereocenters. The fraction of sp³-hybridized carbons (Fsp3) is 0.500. The molecule has 1 amide bonds. The van der Waals surface area contributed by atoms with Crippen molar-refractivity contribution in [1.29, 1.82) is 0 Å². The van der Waals surface area contributed by atoms with Gasteiger partial charge in [-0.25, -0.2) is 0 Å². The SMILES string of the molecule is COc1ccc(CCN(C)CCCN(C(=O)C/C=C/c2ccc(C)cc2)C2CCCC2)cc1OC. The highest BCUT2D eigenvalue weighted by atomic mass is 16.5. The first-order chi connectivity index (χ1) is 17.0. The second-order valence-electron chi connectivity index (χ2n) is 9.64. The van der Waals surface area contributed by atoms with Crippen LogP contribution in [0.2, 0.25) is 0 Å². The molecule has 0 radical (unpaired) electrons. The lowest BCUT2D eigenvalue weighted by Crippen LogP contribution is -2.40. The number of ether oxygens (including phenoxy) is 2. The highest BCUT2D eigenvalue weighted by Crippen LogP contribution is 2.28. The summed E-state index contributed by atoms with van der Waals surface area (Å²) in [5, 5.41) is 0. The molecule has 190 valence electrons. The molecule has 0 aromatic heterocycles. The quantitative estimate of drug-likeness (QED) is 0.368. The molecule has 5 heteroatoms. The van der Waals surface area contributed by atoms with E-state index >= 15 is 0 Å². The van der Waals surface area contributed by atoms with Crippen LogP contribution >= 0.6 is 0 Å². The maximum atomic E-state index is 13.1. The Balaban J connectivity index is 1.46. The average molecular weight is 479 g/mol. The van der Waals surface area contributed by atoms with Crippen molar-refractivity contribution < 1.29 is 14.3 Å². The third-order valence-electron chi connectivity index (χ3n) is 6.93. The van der Waals surface area contributed by atoms with E-state index < -0.39 is 0 Å². The number of likely N-dealkylation sites (N-methyl/N-ethyl adjacent to an activating group) is 1. The molecule has 0 aliphatic heterocycles. The van der Waals surface area contributed by atoms with Crippen LogP contribution in [0, 0.1) is 6.92 Å². The number of rotatable bonds is 13. The summed E-state index contributed by atoms with van der Waals surface area (Å²) >= 11 is 0. The van der Waals surface area contributed by atoms with E-state index in [0.717, 1.165) is 62.4 Å². The number of benzene rings is 2. The van der Waals surface area contributed by atoms with Crippen molar-refractivity contribution in [3.63, 3.8) is 0 Å². The zero-order valence-electron chi connectivity index (χ0n) is 22.0. The van der Waals surface area contributed by atoms with Gasteiger partial charge >= 0.3 is 0 Å².